The Bertz CT molecular complexity index is 960. The van der Waals surface area contributed by atoms with Crippen molar-refractivity contribution in [3.05, 3.63) is 34.6 Å². The second kappa shape index (κ2) is 9.10. The summed E-state index contributed by atoms with van der Waals surface area (Å²) in [4.78, 5) is 33.4. The summed E-state index contributed by atoms with van der Waals surface area (Å²) in [6.07, 6.45) is 5.25. The number of fused-ring (bicyclic) bond motifs is 1. The number of hydrogen-bond donors (Lipinski definition) is 0. The van der Waals surface area contributed by atoms with Crippen molar-refractivity contribution in [2.45, 2.75) is 88.0 Å². The molecule has 1 aromatic heterocycles. The first-order valence-corrected chi connectivity index (χ1v) is 11.9. The van der Waals surface area contributed by atoms with E-state index in [2.05, 4.69) is 13.8 Å². The zero-order valence-corrected chi connectivity index (χ0v) is 18.9. The smallest absolute Gasteiger partial charge is 0.262 e. The zero-order chi connectivity index (χ0) is 21.3. The number of thioether (sulfide) groups is 1. The van der Waals surface area contributed by atoms with Gasteiger partial charge in [0.25, 0.3) is 5.56 Å². The third-order valence-corrected chi connectivity index (χ3v) is 7.39. The molecule has 0 aliphatic carbocycles. The number of amides is 1. The number of rotatable bonds is 5. The summed E-state index contributed by atoms with van der Waals surface area (Å²) in [7, 11) is 0. The van der Waals surface area contributed by atoms with Gasteiger partial charge >= 0.3 is 0 Å². The van der Waals surface area contributed by atoms with Crippen molar-refractivity contribution in [1.82, 2.24) is 14.5 Å². The fraction of sp³-hybridized carbons (Fsp3) is 0.609. The molecule has 7 heteroatoms. The van der Waals surface area contributed by atoms with E-state index in [0.29, 0.717) is 22.6 Å². The van der Waals surface area contributed by atoms with Gasteiger partial charge in [-0.3, -0.25) is 14.2 Å². The largest absolute Gasteiger partial charge is 0.376 e. The van der Waals surface area contributed by atoms with Gasteiger partial charge < -0.3 is 9.64 Å². The van der Waals surface area contributed by atoms with Crippen LogP contribution in [0.1, 0.15) is 52.9 Å². The molecule has 4 atom stereocenters. The van der Waals surface area contributed by atoms with Crippen molar-refractivity contribution in [2.24, 2.45) is 0 Å². The van der Waals surface area contributed by atoms with E-state index in [0.717, 1.165) is 32.3 Å². The van der Waals surface area contributed by atoms with Crippen LogP contribution >= 0.6 is 11.8 Å². The molecule has 0 N–H and O–H groups in total. The van der Waals surface area contributed by atoms with Crippen LogP contribution in [0.5, 0.6) is 0 Å². The van der Waals surface area contributed by atoms with E-state index in [9.17, 15) is 9.59 Å². The first-order valence-electron chi connectivity index (χ1n) is 11.1. The molecule has 6 nitrogen and oxygen atoms in total. The maximum Gasteiger partial charge on any atom is 0.262 e. The number of carbonyl (C=O) groups excluding carboxylic acids is 1. The Labute approximate surface area is 182 Å². The predicted molar refractivity (Wildman–Crippen MR) is 120 cm³/mol. The molecule has 2 aliphatic rings. The lowest BCUT2D eigenvalue weighted by atomic mass is 9.97. The summed E-state index contributed by atoms with van der Waals surface area (Å²) in [5.74, 6) is 0.130. The highest BCUT2D eigenvalue weighted by Gasteiger charge is 2.33. The van der Waals surface area contributed by atoms with Crippen molar-refractivity contribution in [1.29, 1.82) is 0 Å². The molecular formula is C23H31N3O3S. The summed E-state index contributed by atoms with van der Waals surface area (Å²) in [6.45, 7) is 7.41. The summed E-state index contributed by atoms with van der Waals surface area (Å²) >= 11 is 1.39. The molecule has 30 heavy (non-hydrogen) atoms. The molecule has 2 fully saturated rings. The number of benzene rings is 1. The normalized spacial score (nSPS) is 25.6. The second-order valence-corrected chi connectivity index (χ2v) is 9.90. The SMILES string of the molecule is C[C@@H](Sc1nc2ccccc2c(=O)n1C[C@@H]1CCCO1)C(=O)N1[C@@H](C)CCC[C@@H]1C. The third kappa shape index (κ3) is 4.28. The fourth-order valence-corrected chi connectivity index (χ4v) is 5.64. The van der Waals surface area contributed by atoms with E-state index in [1.807, 2.05) is 36.1 Å². The number of para-hydroxylation sites is 1. The molecule has 0 saturated carbocycles. The Balaban J connectivity index is 1.64. The number of piperidine rings is 1. The molecule has 2 aromatic rings. The van der Waals surface area contributed by atoms with Gasteiger partial charge in [-0.2, -0.15) is 0 Å². The lowest BCUT2D eigenvalue weighted by Gasteiger charge is -2.40. The molecule has 0 spiro atoms. The molecule has 0 radical (unpaired) electrons. The van der Waals surface area contributed by atoms with Gasteiger partial charge in [-0.15, -0.1) is 0 Å². The van der Waals surface area contributed by atoms with Crippen LogP contribution in [0.15, 0.2) is 34.2 Å². The van der Waals surface area contributed by atoms with E-state index < -0.39 is 0 Å². The van der Waals surface area contributed by atoms with E-state index in [-0.39, 0.29) is 34.9 Å². The van der Waals surface area contributed by atoms with Gasteiger partial charge in [0.2, 0.25) is 5.91 Å². The zero-order valence-electron chi connectivity index (χ0n) is 18.0. The van der Waals surface area contributed by atoms with Crippen LogP contribution < -0.4 is 5.56 Å². The lowest BCUT2D eigenvalue weighted by Crippen LogP contribution is -2.50. The first-order chi connectivity index (χ1) is 14.5. The minimum Gasteiger partial charge on any atom is -0.376 e. The van der Waals surface area contributed by atoms with Gasteiger partial charge in [-0.1, -0.05) is 23.9 Å². The Morgan fingerprint density at radius 2 is 1.93 bits per heavy atom. The number of hydrogen-bond acceptors (Lipinski definition) is 5. The van der Waals surface area contributed by atoms with Gasteiger partial charge in [0, 0.05) is 18.7 Å². The minimum absolute atomic E-state index is 0.0261. The van der Waals surface area contributed by atoms with Crippen LogP contribution in [0, 0.1) is 0 Å². The van der Waals surface area contributed by atoms with Crippen LogP contribution in [-0.4, -0.2) is 50.4 Å². The molecule has 2 saturated heterocycles. The average molecular weight is 430 g/mol. The molecular weight excluding hydrogens is 398 g/mol. The molecule has 2 aliphatic heterocycles. The standard InChI is InChI=1S/C23H31N3O3S/c1-15-8-6-9-16(2)26(15)21(27)17(3)30-23-24-20-12-5-4-11-19(20)22(28)25(23)14-18-10-7-13-29-18/h4-5,11-12,15-18H,6-10,13-14H2,1-3H3/t15-,16-,17+,18-/m0/s1. The Morgan fingerprint density at radius 1 is 1.20 bits per heavy atom. The van der Waals surface area contributed by atoms with E-state index in [1.165, 1.54) is 18.2 Å². The maximum absolute atomic E-state index is 13.3. The number of carbonyl (C=O) groups is 1. The van der Waals surface area contributed by atoms with E-state index >= 15 is 0 Å². The molecule has 3 heterocycles. The van der Waals surface area contributed by atoms with Gasteiger partial charge in [-0.05, 0) is 65.0 Å². The molecule has 0 bridgehead atoms. The highest BCUT2D eigenvalue weighted by Crippen LogP contribution is 2.29. The second-order valence-electron chi connectivity index (χ2n) is 8.60. The van der Waals surface area contributed by atoms with Crippen LogP contribution in [0.25, 0.3) is 10.9 Å². The Kier molecular flexibility index (Phi) is 6.48. The maximum atomic E-state index is 13.3. The quantitative estimate of drug-likeness (QED) is 0.534. The van der Waals surface area contributed by atoms with Crippen molar-refractivity contribution in [2.75, 3.05) is 6.61 Å². The van der Waals surface area contributed by atoms with Crippen LogP contribution in [0.3, 0.4) is 0 Å². The summed E-state index contributed by atoms with van der Waals surface area (Å²) in [5, 5.41) is 0.904. The van der Waals surface area contributed by atoms with Gasteiger partial charge in [0.15, 0.2) is 5.16 Å². The van der Waals surface area contributed by atoms with Crippen molar-refractivity contribution >= 4 is 28.6 Å². The molecule has 4 rings (SSSR count). The number of nitrogens with zero attached hydrogens (tertiary/aromatic N) is 3. The van der Waals surface area contributed by atoms with Crippen LogP contribution in [0.2, 0.25) is 0 Å². The van der Waals surface area contributed by atoms with Gasteiger partial charge in [0.1, 0.15) is 0 Å². The fourth-order valence-electron chi connectivity index (χ4n) is 4.66. The van der Waals surface area contributed by atoms with Crippen LogP contribution in [0.4, 0.5) is 0 Å². The Morgan fingerprint density at radius 3 is 2.63 bits per heavy atom. The number of aromatic nitrogens is 2. The van der Waals surface area contributed by atoms with E-state index in [1.54, 1.807) is 4.57 Å². The minimum atomic E-state index is -0.309. The van der Waals surface area contributed by atoms with Crippen molar-refractivity contribution in [3.63, 3.8) is 0 Å². The Hall–Kier alpha value is -1.86. The summed E-state index contributed by atoms with van der Waals surface area (Å²) < 4.78 is 7.50. The topological polar surface area (TPSA) is 64.4 Å². The van der Waals surface area contributed by atoms with Crippen molar-refractivity contribution in [3.8, 4) is 0 Å². The highest BCUT2D eigenvalue weighted by molar-refractivity contribution is 8.00. The lowest BCUT2D eigenvalue weighted by molar-refractivity contribution is -0.136. The first kappa shape index (κ1) is 21.4. The monoisotopic (exact) mass is 429 g/mol. The molecule has 162 valence electrons. The molecule has 0 unspecified atom stereocenters. The summed E-state index contributed by atoms with van der Waals surface area (Å²) in [5.41, 5.74) is 0.617. The third-order valence-electron chi connectivity index (χ3n) is 6.31. The number of ether oxygens (including phenoxy) is 1. The molecule has 1 amide bonds. The van der Waals surface area contributed by atoms with Gasteiger partial charge in [0.05, 0.1) is 28.8 Å². The predicted octanol–water partition coefficient (Wildman–Crippen LogP) is 3.85. The van der Waals surface area contributed by atoms with Gasteiger partial charge in [-0.25, -0.2) is 4.98 Å². The highest BCUT2D eigenvalue weighted by atomic mass is 32.2. The van der Waals surface area contributed by atoms with E-state index in [4.69, 9.17) is 9.72 Å². The van der Waals surface area contributed by atoms with Crippen molar-refractivity contribution < 1.29 is 9.53 Å². The molecule has 1 aromatic carbocycles. The average Bonchev–Trinajstić information content (AvgIpc) is 3.24. The van der Waals surface area contributed by atoms with Crippen LogP contribution in [-0.2, 0) is 16.1 Å². The number of likely N-dealkylation sites (tertiary alicyclic amines) is 1. The summed E-state index contributed by atoms with van der Waals surface area (Å²) in [6, 6.07) is 7.93.